The summed E-state index contributed by atoms with van der Waals surface area (Å²) in [5.74, 6) is -1.14. The summed E-state index contributed by atoms with van der Waals surface area (Å²) >= 11 is 0. The summed E-state index contributed by atoms with van der Waals surface area (Å²) in [5.41, 5.74) is 4.17. The van der Waals surface area contributed by atoms with Crippen molar-refractivity contribution < 1.29 is 23.2 Å². The Morgan fingerprint density at radius 2 is 1.89 bits per heavy atom. The number of nitrogens with two attached hydrogens (primary N) is 1. The molecule has 1 rings (SSSR count). The van der Waals surface area contributed by atoms with Gasteiger partial charge in [-0.15, -0.1) is 0 Å². The highest BCUT2D eigenvalue weighted by Gasteiger charge is 2.44. The third kappa shape index (κ3) is 3.27. The minimum absolute atomic E-state index is 0.298. The van der Waals surface area contributed by atoms with Gasteiger partial charge < -0.3 is 16.3 Å². The molecular weight excluding hydrogens is 251 g/mol. The predicted molar refractivity (Wildman–Crippen MR) is 58.0 cm³/mol. The molecular formula is C10H16F3N3O2. The molecule has 0 aromatic rings. The van der Waals surface area contributed by atoms with Crippen molar-refractivity contribution in [2.24, 2.45) is 16.3 Å². The van der Waals surface area contributed by atoms with Gasteiger partial charge in [0.15, 0.2) is 5.84 Å². The molecule has 5 nitrogen and oxygen atoms in total. The minimum atomic E-state index is -4.48. The first-order valence-electron chi connectivity index (χ1n) is 5.65. The molecule has 0 atom stereocenters. The Morgan fingerprint density at radius 1 is 1.33 bits per heavy atom. The quantitative estimate of drug-likeness (QED) is 0.312. The number of alkyl halides is 3. The number of amides is 1. The van der Waals surface area contributed by atoms with E-state index in [-0.39, 0.29) is 5.84 Å². The second-order valence-corrected chi connectivity index (χ2v) is 4.43. The van der Waals surface area contributed by atoms with Crippen LogP contribution in [0.15, 0.2) is 5.16 Å². The van der Waals surface area contributed by atoms with Crippen molar-refractivity contribution in [3.8, 4) is 0 Å². The lowest BCUT2D eigenvalue weighted by Gasteiger charge is -2.34. The summed E-state index contributed by atoms with van der Waals surface area (Å²) in [7, 11) is 0. The number of oxime groups is 1. The van der Waals surface area contributed by atoms with Gasteiger partial charge in [0.2, 0.25) is 5.91 Å². The number of hydrogen-bond donors (Lipinski definition) is 3. The van der Waals surface area contributed by atoms with Gasteiger partial charge in [0, 0.05) is 0 Å². The molecule has 1 aliphatic rings. The van der Waals surface area contributed by atoms with Crippen molar-refractivity contribution in [3.05, 3.63) is 0 Å². The maximum absolute atomic E-state index is 12.1. The van der Waals surface area contributed by atoms with Crippen LogP contribution in [0.3, 0.4) is 0 Å². The van der Waals surface area contributed by atoms with E-state index in [4.69, 9.17) is 10.9 Å². The first-order chi connectivity index (χ1) is 8.32. The van der Waals surface area contributed by atoms with Crippen LogP contribution in [-0.4, -0.2) is 29.7 Å². The summed E-state index contributed by atoms with van der Waals surface area (Å²) in [5, 5.41) is 13.3. The zero-order valence-corrected chi connectivity index (χ0v) is 9.76. The molecule has 1 amide bonds. The van der Waals surface area contributed by atoms with Crippen LogP contribution in [0.4, 0.5) is 13.2 Å². The standard InChI is InChI=1S/C10H16F3N3O2/c11-10(12,13)6-15-8(17)9(7(14)16-18)4-2-1-3-5-9/h18H,1-6H2,(H2,14,16)(H,15,17). The maximum Gasteiger partial charge on any atom is 0.405 e. The molecule has 0 heterocycles. The molecule has 4 N–H and O–H groups in total. The van der Waals surface area contributed by atoms with Crippen molar-refractivity contribution in [1.82, 2.24) is 5.32 Å². The average Bonchev–Trinajstić information content (AvgIpc) is 2.34. The van der Waals surface area contributed by atoms with Gasteiger partial charge in [-0.3, -0.25) is 4.79 Å². The first-order valence-corrected chi connectivity index (χ1v) is 5.65. The van der Waals surface area contributed by atoms with E-state index < -0.39 is 24.0 Å². The van der Waals surface area contributed by atoms with Gasteiger partial charge in [0.1, 0.15) is 12.0 Å². The van der Waals surface area contributed by atoms with E-state index in [0.29, 0.717) is 25.7 Å². The van der Waals surface area contributed by atoms with E-state index >= 15 is 0 Å². The molecule has 8 heteroatoms. The van der Waals surface area contributed by atoms with Crippen molar-refractivity contribution in [3.63, 3.8) is 0 Å². The Kier molecular flexibility index (Phi) is 4.42. The van der Waals surface area contributed by atoms with Crippen LogP contribution in [0.2, 0.25) is 0 Å². The Hall–Kier alpha value is -1.47. The molecule has 0 aromatic heterocycles. The van der Waals surface area contributed by atoms with E-state index in [0.717, 1.165) is 6.42 Å². The van der Waals surface area contributed by atoms with Crippen LogP contribution in [-0.2, 0) is 4.79 Å². The fraction of sp³-hybridized carbons (Fsp3) is 0.800. The first kappa shape index (κ1) is 14.6. The summed E-state index contributed by atoms with van der Waals surface area (Å²) in [6.07, 6.45) is -1.67. The number of halogens is 3. The fourth-order valence-electron chi connectivity index (χ4n) is 2.20. The smallest absolute Gasteiger partial charge is 0.405 e. The summed E-state index contributed by atoms with van der Waals surface area (Å²) in [4.78, 5) is 11.9. The van der Waals surface area contributed by atoms with Crippen molar-refractivity contribution in [2.75, 3.05) is 6.54 Å². The van der Waals surface area contributed by atoms with Crippen LogP contribution in [0.25, 0.3) is 0 Å². The molecule has 0 aromatic carbocycles. The normalized spacial score (nSPS) is 20.5. The molecule has 0 radical (unpaired) electrons. The van der Waals surface area contributed by atoms with E-state index in [2.05, 4.69) is 5.16 Å². The fourth-order valence-corrected chi connectivity index (χ4v) is 2.20. The Morgan fingerprint density at radius 3 is 2.33 bits per heavy atom. The summed E-state index contributed by atoms with van der Waals surface area (Å²) in [6, 6.07) is 0. The average molecular weight is 267 g/mol. The van der Waals surface area contributed by atoms with E-state index in [9.17, 15) is 18.0 Å². The number of nitrogens with one attached hydrogen (secondary N) is 1. The van der Waals surface area contributed by atoms with Crippen LogP contribution >= 0.6 is 0 Å². The Labute approximate surface area is 102 Å². The van der Waals surface area contributed by atoms with Gasteiger partial charge in [-0.05, 0) is 12.8 Å². The van der Waals surface area contributed by atoms with Gasteiger partial charge in [0.05, 0.1) is 0 Å². The monoisotopic (exact) mass is 267 g/mol. The highest BCUT2D eigenvalue weighted by molar-refractivity contribution is 6.06. The molecule has 1 fully saturated rings. The Balaban J connectivity index is 2.80. The second-order valence-electron chi connectivity index (χ2n) is 4.43. The van der Waals surface area contributed by atoms with Crippen LogP contribution in [0.1, 0.15) is 32.1 Å². The topological polar surface area (TPSA) is 87.7 Å². The largest absolute Gasteiger partial charge is 0.409 e. The lowest BCUT2D eigenvalue weighted by molar-refractivity contribution is -0.143. The highest BCUT2D eigenvalue weighted by Crippen LogP contribution is 2.37. The highest BCUT2D eigenvalue weighted by atomic mass is 19.4. The lowest BCUT2D eigenvalue weighted by Crippen LogP contribution is -2.52. The van der Waals surface area contributed by atoms with Gasteiger partial charge in [-0.1, -0.05) is 24.4 Å². The zero-order chi connectivity index (χ0) is 13.8. The lowest BCUT2D eigenvalue weighted by atomic mass is 9.72. The number of carbonyl (C=O) groups is 1. The van der Waals surface area contributed by atoms with Crippen LogP contribution in [0, 0.1) is 5.41 Å². The van der Waals surface area contributed by atoms with Crippen molar-refractivity contribution in [1.29, 1.82) is 0 Å². The number of carbonyl (C=O) groups excluding carboxylic acids is 1. The van der Waals surface area contributed by atoms with Gasteiger partial charge in [0.25, 0.3) is 0 Å². The molecule has 0 aliphatic heterocycles. The SMILES string of the molecule is NC(=NO)C1(C(=O)NCC(F)(F)F)CCCCC1. The van der Waals surface area contributed by atoms with Crippen LogP contribution < -0.4 is 11.1 Å². The van der Waals surface area contributed by atoms with E-state index in [1.807, 2.05) is 5.32 Å². The van der Waals surface area contributed by atoms with Gasteiger partial charge in [-0.2, -0.15) is 13.2 Å². The number of nitrogens with zero attached hydrogens (tertiary/aromatic N) is 1. The molecule has 0 unspecified atom stereocenters. The summed E-state index contributed by atoms with van der Waals surface area (Å²) < 4.78 is 36.2. The third-order valence-corrected chi connectivity index (χ3v) is 3.19. The minimum Gasteiger partial charge on any atom is -0.409 e. The summed E-state index contributed by atoms with van der Waals surface area (Å²) in [6.45, 7) is -1.41. The molecule has 0 saturated heterocycles. The molecule has 104 valence electrons. The number of hydrogen-bond acceptors (Lipinski definition) is 3. The van der Waals surface area contributed by atoms with E-state index in [1.54, 1.807) is 0 Å². The van der Waals surface area contributed by atoms with Gasteiger partial charge >= 0.3 is 6.18 Å². The molecule has 0 bridgehead atoms. The Bertz CT molecular complexity index is 336. The molecule has 1 saturated carbocycles. The van der Waals surface area contributed by atoms with E-state index in [1.165, 1.54) is 0 Å². The van der Waals surface area contributed by atoms with Gasteiger partial charge in [-0.25, -0.2) is 0 Å². The van der Waals surface area contributed by atoms with Crippen molar-refractivity contribution in [2.45, 2.75) is 38.3 Å². The number of amidine groups is 1. The predicted octanol–water partition coefficient (Wildman–Crippen LogP) is 1.36. The maximum atomic E-state index is 12.1. The molecule has 1 aliphatic carbocycles. The zero-order valence-electron chi connectivity index (χ0n) is 9.76. The third-order valence-electron chi connectivity index (χ3n) is 3.19. The van der Waals surface area contributed by atoms with Crippen molar-refractivity contribution >= 4 is 11.7 Å². The number of rotatable bonds is 3. The van der Waals surface area contributed by atoms with Crippen LogP contribution in [0.5, 0.6) is 0 Å². The molecule has 0 spiro atoms. The second kappa shape index (κ2) is 5.45. The molecule has 18 heavy (non-hydrogen) atoms.